The molecule has 1 aromatic carbocycles. The molecule has 1 aliphatic carbocycles. The molecule has 0 unspecified atom stereocenters. The Morgan fingerprint density at radius 1 is 1.22 bits per heavy atom. The molecule has 0 bridgehead atoms. The van der Waals surface area contributed by atoms with Gasteiger partial charge in [-0.1, -0.05) is 18.9 Å². The van der Waals surface area contributed by atoms with Crippen molar-refractivity contribution < 1.29 is 4.79 Å². The molecule has 3 nitrogen and oxygen atoms in total. The number of carbonyl (C=O) groups excluding carboxylic acids is 1. The van der Waals surface area contributed by atoms with E-state index in [2.05, 4.69) is 6.07 Å². The van der Waals surface area contributed by atoms with Crippen molar-refractivity contribution in [3.05, 3.63) is 29.3 Å². The molecule has 18 heavy (non-hydrogen) atoms. The summed E-state index contributed by atoms with van der Waals surface area (Å²) in [5.74, 6) is 0.646. The number of carbonyl (C=O) groups is 1. The highest BCUT2D eigenvalue weighted by Crippen LogP contribution is 2.29. The minimum absolute atomic E-state index is 0.285. The number of benzene rings is 1. The maximum Gasteiger partial charge on any atom is 0.225 e. The van der Waals surface area contributed by atoms with Crippen molar-refractivity contribution in [3.8, 4) is 0 Å². The maximum atomic E-state index is 12.4. The molecule has 1 fully saturated rings. The van der Waals surface area contributed by atoms with Crippen LogP contribution in [-0.2, 0) is 17.8 Å². The van der Waals surface area contributed by atoms with E-state index in [0.29, 0.717) is 5.91 Å². The van der Waals surface area contributed by atoms with Gasteiger partial charge >= 0.3 is 0 Å². The van der Waals surface area contributed by atoms with Gasteiger partial charge in [0.25, 0.3) is 0 Å². The highest BCUT2D eigenvalue weighted by Gasteiger charge is 2.29. The molecule has 1 heterocycles. The smallest absolute Gasteiger partial charge is 0.225 e. The monoisotopic (exact) mass is 244 g/mol. The topological polar surface area (TPSA) is 46.3 Å². The third-order valence-electron chi connectivity index (χ3n) is 4.26. The second-order valence-electron chi connectivity index (χ2n) is 5.52. The van der Waals surface area contributed by atoms with Gasteiger partial charge in [0.05, 0.1) is 0 Å². The summed E-state index contributed by atoms with van der Waals surface area (Å²) in [4.78, 5) is 14.4. The van der Waals surface area contributed by atoms with E-state index in [4.69, 9.17) is 5.73 Å². The fourth-order valence-corrected chi connectivity index (χ4v) is 3.20. The summed E-state index contributed by atoms with van der Waals surface area (Å²) in [6.45, 7) is 1.61. The van der Waals surface area contributed by atoms with E-state index < -0.39 is 0 Å². The number of nitrogens with zero attached hydrogens (tertiary/aromatic N) is 1. The van der Waals surface area contributed by atoms with Crippen LogP contribution in [0.1, 0.15) is 36.8 Å². The van der Waals surface area contributed by atoms with Crippen molar-refractivity contribution in [1.82, 2.24) is 4.90 Å². The standard InChI is InChI=1S/C15H20N2O/c16-14-6-5-11-7-8-17(10-13(11)9-14)15(18)12-3-1-2-4-12/h5-6,9,12H,1-4,7-8,10,16H2. The quantitative estimate of drug-likeness (QED) is 0.771. The van der Waals surface area contributed by atoms with E-state index in [1.807, 2.05) is 17.0 Å². The second kappa shape index (κ2) is 4.63. The molecule has 2 N–H and O–H groups in total. The Balaban J connectivity index is 1.75. The second-order valence-corrected chi connectivity index (χ2v) is 5.52. The molecular weight excluding hydrogens is 224 g/mol. The highest BCUT2D eigenvalue weighted by atomic mass is 16.2. The van der Waals surface area contributed by atoms with Crippen molar-refractivity contribution in [3.63, 3.8) is 0 Å². The van der Waals surface area contributed by atoms with Crippen LogP contribution in [0.5, 0.6) is 0 Å². The first-order valence-corrected chi connectivity index (χ1v) is 6.90. The first kappa shape index (κ1) is 11.6. The van der Waals surface area contributed by atoms with Crippen LogP contribution in [0.3, 0.4) is 0 Å². The van der Waals surface area contributed by atoms with Gasteiger partial charge in [0, 0.05) is 24.7 Å². The van der Waals surface area contributed by atoms with Crippen LogP contribution in [0, 0.1) is 5.92 Å². The third kappa shape index (κ3) is 2.09. The Hall–Kier alpha value is -1.51. The SMILES string of the molecule is Nc1ccc2c(c1)CN(C(=O)C1CCCC1)CC2. The van der Waals surface area contributed by atoms with Gasteiger partial charge < -0.3 is 10.6 Å². The molecule has 96 valence electrons. The van der Waals surface area contributed by atoms with E-state index in [1.165, 1.54) is 24.0 Å². The van der Waals surface area contributed by atoms with Gasteiger partial charge in [-0.3, -0.25) is 4.79 Å². The fourth-order valence-electron chi connectivity index (χ4n) is 3.20. The molecule has 3 rings (SSSR count). The number of fused-ring (bicyclic) bond motifs is 1. The van der Waals surface area contributed by atoms with Crippen molar-refractivity contribution >= 4 is 11.6 Å². The predicted octanol–water partition coefficient (Wildman–Crippen LogP) is 2.34. The summed E-state index contributed by atoms with van der Waals surface area (Å²) in [6.07, 6.45) is 5.56. The highest BCUT2D eigenvalue weighted by molar-refractivity contribution is 5.79. The van der Waals surface area contributed by atoms with Crippen LogP contribution in [-0.4, -0.2) is 17.4 Å². The first-order valence-electron chi connectivity index (χ1n) is 6.90. The van der Waals surface area contributed by atoms with E-state index in [1.54, 1.807) is 0 Å². The van der Waals surface area contributed by atoms with Gasteiger partial charge in [-0.25, -0.2) is 0 Å². The zero-order chi connectivity index (χ0) is 12.5. The molecule has 0 atom stereocenters. The summed E-state index contributed by atoms with van der Waals surface area (Å²) < 4.78 is 0. The summed E-state index contributed by atoms with van der Waals surface area (Å²) >= 11 is 0. The molecule has 0 radical (unpaired) electrons. The Kier molecular flexibility index (Phi) is 2.98. The lowest BCUT2D eigenvalue weighted by molar-refractivity contribution is -0.136. The fraction of sp³-hybridized carbons (Fsp3) is 0.533. The number of anilines is 1. The van der Waals surface area contributed by atoms with Gasteiger partial charge in [-0.2, -0.15) is 0 Å². The minimum atomic E-state index is 0.285. The molecule has 3 heteroatoms. The Morgan fingerprint density at radius 2 is 2.00 bits per heavy atom. The maximum absolute atomic E-state index is 12.4. The van der Waals surface area contributed by atoms with Crippen LogP contribution >= 0.6 is 0 Å². The van der Waals surface area contributed by atoms with E-state index in [0.717, 1.165) is 38.0 Å². The molecule has 0 saturated heterocycles. The minimum Gasteiger partial charge on any atom is -0.399 e. The molecule has 1 aromatic rings. The van der Waals surface area contributed by atoms with Gasteiger partial charge in [0.1, 0.15) is 0 Å². The molecule has 1 saturated carbocycles. The lowest BCUT2D eigenvalue weighted by Gasteiger charge is -2.31. The average Bonchev–Trinajstić information content (AvgIpc) is 2.90. The number of hydrogen-bond acceptors (Lipinski definition) is 2. The van der Waals surface area contributed by atoms with Crippen molar-refractivity contribution in [2.24, 2.45) is 5.92 Å². The van der Waals surface area contributed by atoms with Crippen LogP contribution in [0.4, 0.5) is 5.69 Å². The summed E-state index contributed by atoms with van der Waals surface area (Å²) in [7, 11) is 0. The van der Waals surface area contributed by atoms with Crippen LogP contribution < -0.4 is 5.73 Å². The van der Waals surface area contributed by atoms with Crippen molar-refractivity contribution in [1.29, 1.82) is 0 Å². The first-order chi connectivity index (χ1) is 8.74. The normalized spacial score (nSPS) is 19.9. The van der Waals surface area contributed by atoms with E-state index in [9.17, 15) is 4.79 Å². The molecule has 1 amide bonds. The summed E-state index contributed by atoms with van der Waals surface area (Å²) in [5, 5.41) is 0. The third-order valence-corrected chi connectivity index (χ3v) is 4.26. The number of nitrogen functional groups attached to an aromatic ring is 1. The predicted molar refractivity (Wildman–Crippen MR) is 71.9 cm³/mol. The van der Waals surface area contributed by atoms with Gasteiger partial charge in [-0.15, -0.1) is 0 Å². The number of rotatable bonds is 1. The Morgan fingerprint density at radius 3 is 2.78 bits per heavy atom. The Labute approximate surface area is 108 Å². The summed E-state index contributed by atoms with van der Waals surface area (Å²) in [6, 6.07) is 6.07. The van der Waals surface area contributed by atoms with E-state index >= 15 is 0 Å². The molecule has 2 aliphatic rings. The summed E-state index contributed by atoms with van der Waals surface area (Å²) in [5.41, 5.74) is 9.19. The average molecular weight is 244 g/mol. The molecule has 1 aliphatic heterocycles. The lowest BCUT2D eigenvalue weighted by atomic mass is 9.97. The largest absolute Gasteiger partial charge is 0.399 e. The van der Waals surface area contributed by atoms with Gasteiger partial charge in [0.15, 0.2) is 0 Å². The van der Waals surface area contributed by atoms with E-state index in [-0.39, 0.29) is 5.92 Å². The van der Waals surface area contributed by atoms with Crippen molar-refractivity contribution in [2.45, 2.75) is 38.6 Å². The zero-order valence-electron chi connectivity index (χ0n) is 10.7. The number of nitrogens with two attached hydrogens (primary N) is 1. The van der Waals surface area contributed by atoms with Crippen molar-refractivity contribution in [2.75, 3.05) is 12.3 Å². The van der Waals surface area contributed by atoms with Crippen LogP contribution in [0.25, 0.3) is 0 Å². The molecule has 0 spiro atoms. The molecule has 0 aromatic heterocycles. The number of amides is 1. The number of hydrogen-bond donors (Lipinski definition) is 1. The van der Waals surface area contributed by atoms with Gasteiger partial charge in [-0.05, 0) is 42.5 Å². The lowest BCUT2D eigenvalue weighted by Crippen LogP contribution is -2.39. The van der Waals surface area contributed by atoms with Crippen LogP contribution in [0.15, 0.2) is 18.2 Å². The Bertz CT molecular complexity index is 464. The van der Waals surface area contributed by atoms with Crippen LogP contribution in [0.2, 0.25) is 0 Å². The van der Waals surface area contributed by atoms with Gasteiger partial charge in [0.2, 0.25) is 5.91 Å². The molecular formula is C15H20N2O. The zero-order valence-corrected chi connectivity index (χ0v) is 10.7.